The largest absolute Gasteiger partial charge is 0.494 e. The van der Waals surface area contributed by atoms with E-state index in [0.717, 1.165) is 106 Å². The summed E-state index contributed by atoms with van der Waals surface area (Å²) in [6.07, 6.45) is 7.37. The van der Waals surface area contributed by atoms with Gasteiger partial charge in [0.2, 0.25) is 5.91 Å². The van der Waals surface area contributed by atoms with Gasteiger partial charge in [-0.3, -0.25) is 9.69 Å². The summed E-state index contributed by atoms with van der Waals surface area (Å²) < 4.78 is 11.5. The Hall–Kier alpha value is -2.86. The Morgan fingerprint density at radius 3 is 2.65 bits per heavy atom. The highest BCUT2D eigenvalue weighted by molar-refractivity contribution is 7.13. The molecule has 3 fully saturated rings. The van der Waals surface area contributed by atoms with E-state index >= 15 is 0 Å². The first-order chi connectivity index (χ1) is 21.0. The zero-order valence-corrected chi connectivity index (χ0v) is 26.8. The fourth-order valence-electron chi connectivity index (χ4n) is 6.79. The van der Waals surface area contributed by atoms with Gasteiger partial charge in [-0.2, -0.15) is 0 Å². The summed E-state index contributed by atoms with van der Waals surface area (Å²) in [5.41, 5.74) is 5.64. The van der Waals surface area contributed by atoms with Gasteiger partial charge in [-0.1, -0.05) is 12.2 Å². The zero-order chi connectivity index (χ0) is 29.8. The summed E-state index contributed by atoms with van der Waals surface area (Å²) in [6, 6.07) is 2.41. The highest BCUT2D eigenvalue weighted by Crippen LogP contribution is 2.44. The van der Waals surface area contributed by atoms with E-state index < -0.39 is 0 Å². The number of benzene rings is 1. The summed E-state index contributed by atoms with van der Waals surface area (Å²) in [4.78, 5) is 28.0. The molecule has 43 heavy (non-hydrogen) atoms. The molecule has 11 heteroatoms. The lowest BCUT2D eigenvalue weighted by atomic mass is 9.99. The maximum atomic E-state index is 13.3. The molecule has 2 aromatic rings. The number of amides is 1. The topological polar surface area (TPSA) is 85.4 Å². The third-order valence-corrected chi connectivity index (χ3v) is 10.1. The van der Waals surface area contributed by atoms with Crippen molar-refractivity contribution >= 4 is 39.8 Å². The second-order valence-corrected chi connectivity index (χ2v) is 13.0. The van der Waals surface area contributed by atoms with Crippen LogP contribution in [0.25, 0.3) is 6.08 Å². The summed E-state index contributed by atoms with van der Waals surface area (Å²) in [5, 5.41) is 10.1. The van der Waals surface area contributed by atoms with Crippen LogP contribution >= 0.6 is 11.3 Å². The zero-order valence-electron chi connectivity index (χ0n) is 25.9. The van der Waals surface area contributed by atoms with Crippen molar-refractivity contribution < 1.29 is 14.3 Å². The van der Waals surface area contributed by atoms with Gasteiger partial charge in [0.15, 0.2) is 5.13 Å². The summed E-state index contributed by atoms with van der Waals surface area (Å²) >= 11 is 1.68. The second-order valence-electron chi connectivity index (χ2n) is 12.1. The van der Waals surface area contributed by atoms with Crippen molar-refractivity contribution in [1.82, 2.24) is 20.1 Å². The third kappa shape index (κ3) is 6.95. The van der Waals surface area contributed by atoms with E-state index in [0.29, 0.717) is 13.0 Å². The van der Waals surface area contributed by atoms with Gasteiger partial charge in [-0.05, 0) is 51.4 Å². The maximum Gasteiger partial charge on any atom is 0.222 e. The Balaban J connectivity index is 1.18. The number of morpholine rings is 1. The average molecular weight is 610 g/mol. The highest BCUT2D eigenvalue weighted by atomic mass is 32.1. The standard InChI is InChI=1S/C32H47N7O3S/c1-23-20-25-7-6-24(2)34-29(25)30(31(23)41-3)38-14-12-37(13-15-38)27(21-28(40)33-8-11-36-9-4-5-10-36)26-22-43-32(35-26)39-16-18-42-19-17-39/h6-7,20,22,24,27,34H,4-5,8-19,21H2,1-3H3,(H,33,40). The van der Waals surface area contributed by atoms with Crippen LogP contribution in [0, 0.1) is 6.92 Å². The van der Waals surface area contributed by atoms with Gasteiger partial charge in [0.05, 0.1) is 37.7 Å². The Morgan fingerprint density at radius 2 is 1.91 bits per heavy atom. The molecule has 1 aromatic heterocycles. The first-order valence-electron chi connectivity index (χ1n) is 15.9. The Kier molecular flexibility index (Phi) is 9.71. The molecule has 5 heterocycles. The van der Waals surface area contributed by atoms with E-state index in [-0.39, 0.29) is 18.0 Å². The number of thiazole rings is 1. The van der Waals surface area contributed by atoms with Crippen molar-refractivity contribution in [2.45, 2.75) is 45.2 Å². The van der Waals surface area contributed by atoms with Gasteiger partial charge < -0.3 is 34.8 Å². The first kappa shape index (κ1) is 30.2. The Morgan fingerprint density at radius 1 is 1.14 bits per heavy atom. The summed E-state index contributed by atoms with van der Waals surface area (Å²) in [5.74, 6) is 1.04. The lowest BCUT2D eigenvalue weighted by Crippen LogP contribution is -2.49. The fraction of sp³-hybridized carbons (Fsp3) is 0.625. The van der Waals surface area contributed by atoms with Crippen LogP contribution in [0.1, 0.15) is 49.0 Å². The molecule has 2 N–H and O–H groups in total. The number of carbonyl (C=O) groups excluding carboxylic acids is 1. The van der Waals surface area contributed by atoms with Crippen LogP contribution in [0.3, 0.4) is 0 Å². The number of fused-ring (bicyclic) bond motifs is 1. The van der Waals surface area contributed by atoms with Crippen LogP contribution < -0.4 is 25.2 Å². The van der Waals surface area contributed by atoms with Gasteiger partial charge in [0.25, 0.3) is 0 Å². The van der Waals surface area contributed by atoms with Gasteiger partial charge in [0, 0.05) is 75.8 Å². The van der Waals surface area contributed by atoms with Crippen LogP contribution in [0.4, 0.5) is 16.5 Å². The summed E-state index contributed by atoms with van der Waals surface area (Å²) in [7, 11) is 1.77. The number of rotatable bonds is 10. The van der Waals surface area contributed by atoms with Crippen LogP contribution in [-0.2, 0) is 9.53 Å². The molecule has 0 saturated carbocycles. The molecule has 2 unspecified atom stereocenters. The Bertz CT molecular complexity index is 1280. The number of nitrogens with one attached hydrogen (secondary N) is 2. The van der Waals surface area contributed by atoms with Crippen LogP contribution in [0.2, 0.25) is 0 Å². The first-order valence-corrected chi connectivity index (χ1v) is 16.8. The minimum absolute atomic E-state index is 0.0608. The molecule has 0 radical (unpaired) electrons. The molecule has 0 spiro atoms. The molecule has 234 valence electrons. The molecule has 10 nitrogen and oxygen atoms in total. The van der Waals surface area contributed by atoms with Crippen molar-refractivity contribution in [2.24, 2.45) is 0 Å². The fourth-order valence-corrected chi connectivity index (χ4v) is 7.71. The molecule has 2 atom stereocenters. The normalized spacial score (nSPS) is 21.9. The lowest BCUT2D eigenvalue weighted by Gasteiger charge is -2.41. The molecule has 3 saturated heterocycles. The van der Waals surface area contributed by atoms with E-state index in [1.807, 2.05) is 0 Å². The number of methoxy groups -OCH3 is 1. The van der Waals surface area contributed by atoms with E-state index in [4.69, 9.17) is 14.5 Å². The number of hydrogen-bond acceptors (Lipinski definition) is 10. The second kappa shape index (κ2) is 13.8. The number of aromatic nitrogens is 1. The molecule has 0 aliphatic carbocycles. The number of aryl methyl sites for hydroxylation is 1. The third-order valence-electron chi connectivity index (χ3n) is 9.14. The van der Waals surface area contributed by atoms with Crippen molar-refractivity contribution in [3.8, 4) is 5.75 Å². The van der Waals surface area contributed by atoms with Gasteiger partial charge >= 0.3 is 0 Å². The molecule has 1 amide bonds. The molecular formula is C32H47N7O3S. The minimum atomic E-state index is -0.0608. The van der Waals surface area contributed by atoms with Gasteiger partial charge in [0.1, 0.15) is 11.4 Å². The Labute approximate surface area is 260 Å². The number of likely N-dealkylation sites (tertiary alicyclic amines) is 1. The number of anilines is 3. The van der Waals surface area contributed by atoms with Crippen molar-refractivity contribution in [1.29, 1.82) is 0 Å². The molecule has 0 bridgehead atoms. The number of carbonyl (C=O) groups is 1. The maximum absolute atomic E-state index is 13.3. The molecular weight excluding hydrogens is 562 g/mol. The average Bonchev–Trinajstić information content (AvgIpc) is 3.73. The van der Waals surface area contributed by atoms with E-state index in [1.54, 1.807) is 18.4 Å². The highest BCUT2D eigenvalue weighted by Gasteiger charge is 2.32. The predicted molar refractivity (Wildman–Crippen MR) is 175 cm³/mol. The SMILES string of the molecule is COc1c(C)cc2c(c1N1CCN(C(CC(=O)NCCN3CCCC3)c3csc(N4CCOCC4)n3)CC1)NC(C)C=C2. The van der Waals surface area contributed by atoms with Crippen molar-refractivity contribution in [3.05, 3.63) is 34.3 Å². The molecule has 4 aliphatic heterocycles. The van der Waals surface area contributed by atoms with Crippen LogP contribution in [0.15, 0.2) is 17.5 Å². The molecule has 6 rings (SSSR count). The summed E-state index contributed by atoms with van der Waals surface area (Å²) in [6.45, 7) is 14.8. The monoisotopic (exact) mass is 609 g/mol. The van der Waals surface area contributed by atoms with Gasteiger partial charge in [-0.15, -0.1) is 11.3 Å². The van der Waals surface area contributed by atoms with Gasteiger partial charge in [-0.25, -0.2) is 4.98 Å². The number of hydrogen-bond donors (Lipinski definition) is 2. The van der Waals surface area contributed by atoms with Crippen molar-refractivity contribution in [2.75, 3.05) is 101 Å². The van der Waals surface area contributed by atoms with Crippen molar-refractivity contribution in [3.63, 3.8) is 0 Å². The van der Waals surface area contributed by atoms with E-state index in [2.05, 4.69) is 67.7 Å². The predicted octanol–water partition coefficient (Wildman–Crippen LogP) is 3.59. The molecule has 4 aliphatic rings. The minimum Gasteiger partial charge on any atom is -0.494 e. The lowest BCUT2D eigenvalue weighted by molar-refractivity contribution is -0.122. The smallest absolute Gasteiger partial charge is 0.222 e. The quantitative estimate of drug-likeness (QED) is 0.420. The van der Waals surface area contributed by atoms with Crippen LogP contribution in [-0.4, -0.2) is 113 Å². The molecule has 1 aromatic carbocycles. The van der Waals surface area contributed by atoms with E-state index in [9.17, 15) is 4.79 Å². The van der Waals surface area contributed by atoms with E-state index in [1.165, 1.54) is 18.4 Å². The number of ether oxygens (including phenoxy) is 2. The van der Waals surface area contributed by atoms with Crippen LogP contribution in [0.5, 0.6) is 5.75 Å². The number of nitrogens with zero attached hydrogens (tertiary/aromatic N) is 5. The number of piperazine rings is 1.